The smallest absolute Gasteiger partial charge is 0.344 e. The molecule has 0 aliphatic carbocycles. The normalized spacial score (nSPS) is 11.4. The number of hydrogen-bond donors (Lipinski definition) is 1. The molecule has 110 valence electrons. The SMILES string of the molecule is O=C(O)C=CC=C(C(=O)Oc1ccccc1)c1ccccc1. The molecule has 0 unspecified atom stereocenters. The minimum atomic E-state index is -1.08. The van der Waals surface area contributed by atoms with Gasteiger partial charge in [-0.05, 0) is 23.8 Å². The maximum Gasteiger partial charge on any atom is 0.344 e. The third kappa shape index (κ3) is 4.45. The van der Waals surface area contributed by atoms with Crippen LogP contribution >= 0.6 is 0 Å². The van der Waals surface area contributed by atoms with E-state index in [-0.39, 0.29) is 5.57 Å². The van der Waals surface area contributed by atoms with Gasteiger partial charge in [0.2, 0.25) is 0 Å². The van der Waals surface area contributed by atoms with Gasteiger partial charge >= 0.3 is 11.9 Å². The fourth-order valence-electron chi connectivity index (χ4n) is 1.78. The van der Waals surface area contributed by atoms with Crippen LogP contribution in [0.2, 0.25) is 0 Å². The summed E-state index contributed by atoms with van der Waals surface area (Å²) < 4.78 is 5.30. The highest BCUT2D eigenvalue weighted by Crippen LogP contribution is 2.18. The van der Waals surface area contributed by atoms with Crippen LogP contribution in [0.1, 0.15) is 5.56 Å². The lowest BCUT2D eigenvalue weighted by Crippen LogP contribution is -2.10. The molecule has 0 saturated carbocycles. The lowest BCUT2D eigenvalue weighted by molar-refractivity contribution is -0.131. The second-order valence-electron chi connectivity index (χ2n) is 4.35. The van der Waals surface area contributed by atoms with E-state index in [2.05, 4.69) is 0 Å². The third-order valence-corrected chi connectivity index (χ3v) is 2.76. The molecule has 22 heavy (non-hydrogen) atoms. The summed E-state index contributed by atoms with van der Waals surface area (Å²) in [4.78, 5) is 22.9. The van der Waals surface area contributed by atoms with Gasteiger partial charge in [0.1, 0.15) is 5.75 Å². The van der Waals surface area contributed by atoms with Gasteiger partial charge in [-0.25, -0.2) is 9.59 Å². The highest BCUT2D eigenvalue weighted by atomic mass is 16.5. The Labute approximate surface area is 128 Å². The van der Waals surface area contributed by atoms with Gasteiger partial charge < -0.3 is 9.84 Å². The second-order valence-corrected chi connectivity index (χ2v) is 4.35. The van der Waals surface area contributed by atoms with E-state index in [1.54, 1.807) is 48.5 Å². The molecule has 0 spiro atoms. The number of carboxylic acids is 1. The number of aliphatic carboxylic acids is 1. The van der Waals surface area contributed by atoms with Crippen LogP contribution in [0.4, 0.5) is 0 Å². The number of rotatable bonds is 5. The molecule has 0 saturated heterocycles. The fraction of sp³-hybridized carbons (Fsp3) is 0. The quantitative estimate of drug-likeness (QED) is 0.398. The van der Waals surface area contributed by atoms with Gasteiger partial charge in [0.05, 0.1) is 5.57 Å². The van der Waals surface area contributed by atoms with Crippen LogP contribution in [0.15, 0.2) is 78.9 Å². The maximum absolute atomic E-state index is 12.3. The van der Waals surface area contributed by atoms with Gasteiger partial charge in [-0.15, -0.1) is 0 Å². The Morgan fingerprint density at radius 3 is 2.09 bits per heavy atom. The van der Waals surface area contributed by atoms with Gasteiger partial charge in [-0.1, -0.05) is 54.6 Å². The molecule has 0 atom stereocenters. The monoisotopic (exact) mass is 294 g/mol. The first-order valence-corrected chi connectivity index (χ1v) is 6.61. The van der Waals surface area contributed by atoms with Gasteiger partial charge in [-0.2, -0.15) is 0 Å². The molecule has 4 heteroatoms. The number of carbonyl (C=O) groups is 2. The Morgan fingerprint density at radius 2 is 1.50 bits per heavy atom. The molecule has 4 nitrogen and oxygen atoms in total. The average molecular weight is 294 g/mol. The zero-order valence-electron chi connectivity index (χ0n) is 11.7. The van der Waals surface area contributed by atoms with Crippen molar-refractivity contribution in [3.05, 3.63) is 84.5 Å². The topological polar surface area (TPSA) is 63.6 Å². The Balaban J connectivity index is 2.28. The lowest BCUT2D eigenvalue weighted by atomic mass is 10.1. The van der Waals surface area contributed by atoms with Crippen molar-refractivity contribution in [3.8, 4) is 5.75 Å². The molecule has 0 aliphatic heterocycles. The number of para-hydroxylation sites is 1. The summed E-state index contributed by atoms with van der Waals surface area (Å²) in [5, 5.41) is 8.64. The molecule has 0 fully saturated rings. The van der Waals surface area contributed by atoms with Crippen molar-refractivity contribution in [3.63, 3.8) is 0 Å². The number of allylic oxidation sites excluding steroid dienone is 2. The molecule has 0 aromatic heterocycles. The van der Waals surface area contributed by atoms with E-state index in [1.807, 2.05) is 12.1 Å². The van der Waals surface area contributed by atoms with E-state index >= 15 is 0 Å². The molecule has 0 amide bonds. The van der Waals surface area contributed by atoms with Crippen LogP contribution in [-0.4, -0.2) is 17.0 Å². The standard InChI is InChI=1S/C18H14O4/c19-17(20)13-7-12-16(14-8-3-1-4-9-14)18(21)22-15-10-5-2-6-11-15/h1-13H,(H,19,20). The predicted molar refractivity (Wildman–Crippen MR) is 83.3 cm³/mol. The van der Waals surface area contributed by atoms with Crippen molar-refractivity contribution < 1.29 is 19.4 Å². The molecule has 2 aromatic carbocycles. The zero-order chi connectivity index (χ0) is 15.8. The van der Waals surface area contributed by atoms with Crippen molar-refractivity contribution in [2.45, 2.75) is 0 Å². The third-order valence-electron chi connectivity index (χ3n) is 2.76. The van der Waals surface area contributed by atoms with Gasteiger partial charge in [0, 0.05) is 6.08 Å². The molecule has 0 aliphatic rings. The van der Waals surface area contributed by atoms with Crippen molar-refractivity contribution in [1.29, 1.82) is 0 Å². The Hall–Kier alpha value is -3.14. The van der Waals surface area contributed by atoms with E-state index in [4.69, 9.17) is 9.84 Å². The Bertz CT molecular complexity index is 700. The molecule has 0 bridgehead atoms. The summed E-state index contributed by atoms with van der Waals surface area (Å²) in [6.45, 7) is 0. The Morgan fingerprint density at radius 1 is 0.909 bits per heavy atom. The van der Waals surface area contributed by atoms with Crippen molar-refractivity contribution in [2.75, 3.05) is 0 Å². The summed E-state index contributed by atoms with van der Waals surface area (Å²) in [6, 6.07) is 17.6. The summed E-state index contributed by atoms with van der Waals surface area (Å²) in [5.74, 6) is -1.20. The van der Waals surface area contributed by atoms with E-state index in [1.165, 1.54) is 12.2 Å². The van der Waals surface area contributed by atoms with Crippen molar-refractivity contribution in [1.82, 2.24) is 0 Å². The van der Waals surface area contributed by atoms with Crippen LogP contribution in [0.5, 0.6) is 5.75 Å². The maximum atomic E-state index is 12.3. The molecule has 1 N–H and O–H groups in total. The number of hydrogen-bond acceptors (Lipinski definition) is 3. The number of carbonyl (C=O) groups excluding carboxylic acids is 1. The first-order chi connectivity index (χ1) is 10.7. The van der Waals surface area contributed by atoms with Crippen LogP contribution in [0.25, 0.3) is 5.57 Å². The minimum Gasteiger partial charge on any atom is -0.478 e. The minimum absolute atomic E-state index is 0.280. The largest absolute Gasteiger partial charge is 0.478 e. The average Bonchev–Trinajstić information content (AvgIpc) is 2.53. The predicted octanol–water partition coefficient (Wildman–Crippen LogP) is 3.32. The second kappa shape index (κ2) is 7.59. The molecular formula is C18H14O4. The van der Waals surface area contributed by atoms with E-state index < -0.39 is 11.9 Å². The van der Waals surface area contributed by atoms with E-state index in [9.17, 15) is 9.59 Å². The van der Waals surface area contributed by atoms with Gasteiger partial charge in [0.25, 0.3) is 0 Å². The van der Waals surface area contributed by atoms with Crippen LogP contribution < -0.4 is 4.74 Å². The zero-order valence-corrected chi connectivity index (χ0v) is 11.7. The summed E-state index contributed by atoms with van der Waals surface area (Å²) in [5.41, 5.74) is 0.931. The first-order valence-electron chi connectivity index (χ1n) is 6.61. The van der Waals surface area contributed by atoms with E-state index in [0.29, 0.717) is 11.3 Å². The first kappa shape index (κ1) is 15.3. The number of carboxylic acid groups (broad SMARTS) is 1. The highest BCUT2D eigenvalue weighted by Gasteiger charge is 2.13. The van der Waals surface area contributed by atoms with E-state index in [0.717, 1.165) is 6.08 Å². The molecule has 2 rings (SSSR count). The summed E-state index contributed by atoms with van der Waals surface area (Å²) >= 11 is 0. The fourth-order valence-corrected chi connectivity index (χ4v) is 1.78. The molecule has 0 heterocycles. The Kier molecular flexibility index (Phi) is 5.26. The van der Waals surface area contributed by atoms with Gasteiger partial charge in [0.15, 0.2) is 0 Å². The number of ether oxygens (including phenoxy) is 1. The molecular weight excluding hydrogens is 280 g/mol. The van der Waals surface area contributed by atoms with Crippen LogP contribution in [0, 0.1) is 0 Å². The highest BCUT2D eigenvalue weighted by molar-refractivity contribution is 6.17. The van der Waals surface area contributed by atoms with Crippen LogP contribution in [-0.2, 0) is 9.59 Å². The van der Waals surface area contributed by atoms with Crippen LogP contribution in [0.3, 0.4) is 0 Å². The van der Waals surface area contributed by atoms with Crippen molar-refractivity contribution >= 4 is 17.5 Å². The van der Waals surface area contributed by atoms with Gasteiger partial charge in [-0.3, -0.25) is 0 Å². The summed E-state index contributed by atoms with van der Waals surface area (Å²) in [6.07, 6.45) is 3.68. The lowest BCUT2D eigenvalue weighted by Gasteiger charge is -2.07. The molecule has 2 aromatic rings. The number of esters is 1. The molecule has 0 radical (unpaired) electrons. The van der Waals surface area contributed by atoms with Crippen molar-refractivity contribution in [2.24, 2.45) is 0 Å². The summed E-state index contributed by atoms with van der Waals surface area (Å²) in [7, 11) is 0. The number of benzene rings is 2.